The predicted octanol–water partition coefficient (Wildman–Crippen LogP) is 2.92. The number of amides is 1. The summed E-state index contributed by atoms with van der Waals surface area (Å²) in [4.78, 5) is 20.2. The van der Waals surface area contributed by atoms with Crippen LogP contribution in [0.4, 0.5) is 4.39 Å². The Hall–Kier alpha value is -2.39. The zero-order valence-corrected chi connectivity index (χ0v) is 15.0. The molecule has 0 saturated carbocycles. The molecule has 1 saturated heterocycles. The van der Waals surface area contributed by atoms with Gasteiger partial charge in [-0.3, -0.25) is 4.79 Å². The van der Waals surface area contributed by atoms with Crippen LogP contribution in [0.25, 0.3) is 10.9 Å². The summed E-state index contributed by atoms with van der Waals surface area (Å²) >= 11 is 0. The first-order chi connectivity index (χ1) is 12.5. The van der Waals surface area contributed by atoms with Crippen molar-refractivity contribution >= 4 is 16.8 Å². The van der Waals surface area contributed by atoms with Crippen LogP contribution in [0, 0.1) is 17.1 Å². The third kappa shape index (κ3) is 2.58. The van der Waals surface area contributed by atoms with Gasteiger partial charge in [-0.05, 0) is 43.0 Å². The second-order valence-corrected chi connectivity index (χ2v) is 7.37. The zero-order chi connectivity index (χ0) is 18.3. The fourth-order valence-electron chi connectivity index (χ4n) is 4.78. The molecular formula is C20H23FN4O. The maximum absolute atomic E-state index is 13.8. The number of nitrogens with one attached hydrogen (secondary N) is 1. The third-order valence-corrected chi connectivity index (χ3v) is 6.04. The van der Waals surface area contributed by atoms with Crippen LogP contribution in [0.15, 0.2) is 18.2 Å². The molecule has 6 heteroatoms. The molecule has 3 heterocycles. The summed E-state index contributed by atoms with van der Waals surface area (Å²) in [5.41, 5.74) is 2.83. The number of carbonyl (C=O) groups excluding carboxylic acids is 1. The molecule has 0 atom stereocenters. The molecule has 2 aliphatic heterocycles. The Labute approximate surface area is 152 Å². The fourth-order valence-corrected chi connectivity index (χ4v) is 4.78. The average Bonchev–Trinajstić information content (AvgIpc) is 3.00. The summed E-state index contributed by atoms with van der Waals surface area (Å²) in [6, 6.07) is 7.07. The van der Waals surface area contributed by atoms with Crippen molar-refractivity contribution in [1.29, 1.82) is 5.26 Å². The monoisotopic (exact) mass is 354 g/mol. The highest BCUT2D eigenvalue weighted by atomic mass is 19.1. The number of H-pyrrole nitrogens is 1. The van der Waals surface area contributed by atoms with Crippen molar-refractivity contribution < 1.29 is 9.18 Å². The van der Waals surface area contributed by atoms with Gasteiger partial charge in [0.25, 0.3) is 0 Å². The van der Waals surface area contributed by atoms with Gasteiger partial charge < -0.3 is 14.8 Å². The molecule has 136 valence electrons. The Morgan fingerprint density at radius 1 is 1.35 bits per heavy atom. The van der Waals surface area contributed by atoms with E-state index in [1.54, 1.807) is 19.1 Å². The summed E-state index contributed by atoms with van der Waals surface area (Å²) in [6.45, 7) is 4.79. The molecule has 5 nitrogen and oxygen atoms in total. The number of nitriles is 1. The van der Waals surface area contributed by atoms with Crippen molar-refractivity contribution in [1.82, 2.24) is 14.8 Å². The number of piperidine rings is 1. The van der Waals surface area contributed by atoms with Gasteiger partial charge in [0.05, 0.1) is 11.6 Å². The van der Waals surface area contributed by atoms with E-state index in [-0.39, 0.29) is 17.3 Å². The molecule has 0 bridgehead atoms. The van der Waals surface area contributed by atoms with Crippen LogP contribution >= 0.6 is 0 Å². The van der Waals surface area contributed by atoms with Crippen molar-refractivity contribution in [2.75, 3.05) is 26.2 Å². The minimum Gasteiger partial charge on any atom is -0.356 e. The van der Waals surface area contributed by atoms with Crippen molar-refractivity contribution in [3.8, 4) is 6.07 Å². The number of rotatable bonds is 2. The summed E-state index contributed by atoms with van der Waals surface area (Å²) < 4.78 is 13.8. The number of likely N-dealkylation sites (tertiary alicyclic amines) is 1. The van der Waals surface area contributed by atoms with Crippen LogP contribution in [-0.2, 0) is 16.8 Å². The molecule has 2 aliphatic rings. The van der Waals surface area contributed by atoms with Gasteiger partial charge in [0.2, 0.25) is 5.91 Å². The second-order valence-electron chi connectivity index (χ2n) is 7.37. The standard InChI is InChI=1S/C20H23FN4O/c1-14(26)25-10-5-16-17-13-15(21)3-4-18(17)23-19(16)20(25)6-11-24(12-7-20)9-2-8-22/h3-4,13,23H,2,5-7,9-12H2,1H3. The molecule has 1 N–H and O–H groups in total. The van der Waals surface area contributed by atoms with Crippen LogP contribution in [0.5, 0.6) is 0 Å². The Morgan fingerprint density at radius 3 is 2.81 bits per heavy atom. The van der Waals surface area contributed by atoms with Crippen molar-refractivity contribution in [3.05, 3.63) is 35.3 Å². The van der Waals surface area contributed by atoms with E-state index >= 15 is 0 Å². The molecule has 26 heavy (non-hydrogen) atoms. The minimum absolute atomic E-state index is 0.0889. The molecule has 0 aliphatic carbocycles. The Balaban J connectivity index is 1.76. The van der Waals surface area contributed by atoms with Crippen molar-refractivity contribution in [3.63, 3.8) is 0 Å². The van der Waals surface area contributed by atoms with Gasteiger partial charge >= 0.3 is 0 Å². The number of aromatic amines is 1. The van der Waals surface area contributed by atoms with Crippen molar-refractivity contribution in [2.24, 2.45) is 0 Å². The number of halogens is 1. The van der Waals surface area contributed by atoms with E-state index in [0.717, 1.165) is 61.1 Å². The predicted molar refractivity (Wildman–Crippen MR) is 96.9 cm³/mol. The Bertz CT molecular complexity index is 889. The number of carbonyl (C=O) groups is 1. The van der Waals surface area contributed by atoms with Crippen LogP contribution < -0.4 is 0 Å². The number of benzene rings is 1. The van der Waals surface area contributed by atoms with Gasteiger partial charge in [-0.15, -0.1) is 0 Å². The Morgan fingerprint density at radius 2 is 2.12 bits per heavy atom. The maximum atomic E-state index is 13.8. The first-order valence-corrected chi connectivity index (χ1v) is 9.23. The molecule has 2 aromatic rings. The van der Waals surface area contributed by atoms with E-state index in [0.29, 0.717) is 13.0 Å². The summed E-state index contributed by atoms with van der Waals surface area (Å²) in [5.74, 6) is -0.139. The maximum Gasteiger partial charge on any atom is 0.220 e. The fraction of sp³-hybridized carbons (Fsp3) is 0.500. The SMILES string of the molecule is CC(=O)N1CCc2c([nH]c3ccc(F)cc23)C12CCN(CCC#N)CC2. The van der Waals surface area contributed by atoms with Crippen LogP contribution in [-0.4, -0.2) is 46.9 Å². The number of hydrogen-bond donors (Lipinski definition) is 1. The quantitative estimate of drug-likeness (QED) is 0.902. The summed E-state index contributed by atoms with van der Waals surface area (Å²) in [6.07, 6.45) is 2.94. The highest BCUT2D eigenvalue weighted by Gasteiger charge is 2.47. The van der Waals surface area contributed by atoms with Crippen LogP contribution in [0.1, 0.15) is 37.4 Å². The van der Waals surface area contributed by atoms with Gasteiger partial charge in [0.15, 0.2) is 0 Å². The molecule has 1 spiro atoms. The molecule has 1 amide bonds. The largest absolute Gasteiger partial charge is 0.356 e. The molecule has 0 unspecified atom stereocenters. The first-order valence-electron chi connectivity index (χ1n) is 9.23. The highest BCUT2D eigenvalue weighted by molar-refractivity contribution is 5.86. The van der Waals surface area contributed by atoms with Crippen LogP contribution in [0.3, 0.4) is 0 Å². The van der Waals surface area contributed by atoms with Gasteiger partial charge in [-0.2, -0.15) is 5.26 Å². The van der Waals surface area contributed by atoms with E-state index in [9.17, 15) is 9.18 Å². The molecular weight excluding hydrogens is 331 g/mol. The van der Waals surface area contributed by atoms with Gasteiger partial charge in [0, 0.05) is 56.1 Å². The molecule has 1 aromatic heterocycles. The van der Waals surface area contributed by atoms with Gasteiger partial charge in [-0.1, -0.05) is 0 Å². The van der Waals surface area contributed by atoms with E-state index in [1.807, 2.05) is 4.90 Å². The lowest BCUT2D eigenvalue weighted by atomic mass is 9.77. The second kappa shape index (κ2) is 6.40. The normalized spacial score (nSPS) is 19.5. The van der Waals surface area contributed by atoms with E-state index < -0.39 is 0 Å². The third-order valence-electron chi connectivity index (χ3n) is 6.04. The van der Waals surface area contributed by atoms with Crippen LogP contribution in [0.2, 0.25) is 0 Å². The average molecular weight is 354 g/mol. The van der Waals surface area contributed by atoms with Crippen molar-refractivity contribution in [2.45, 2.75) is 38.1 Å². The lowest BCUT2D eigenvalue weighted by Crippen LogP contribution is -2.57. The van der Waals surface area contributed by atoms with E-state index in [4.69, 9.17) is 5.26 Å². The molecule has 1 fully saturated rings. The lowest BCUT2D eigenvalue weighted by molar-refractivity contribution is -0.139. The first kappa shape index (κ1) is 17.0. The smallest absolute Gasteiger partial charge is 0.220 e. The summed E-state index contributed by atoms with van der Waals surface area (Å²) in [5, 5.41) is 9.76. The zero-order valence-electron chi connectivity index (χ0n) is 15.0. The number of fused-ring (bicyclic) bond motifs is 4. The van der Waals surface area contributed by atoms with Gasteiger partial charge in [-0.25, -0.2) is 4.39 Å². The summed E-state index contributed by atoms with van der Waals surface area (Å²) in [7, 11) is 0. The lowest BCUT2D eigenvalue weighted by Gasteiger charge is -2.51. The topological polar surface area (TPSA) is 63.1 Å². The van der Waals surface area contributed by atoms with Gasteiger partial charge in [0.1, 0.15) is 5.82 Å². The Kier molecular flexibility index (Phi) is 4.20. The minimum atomic E-state index is -0.349. The van der Waals surface area contributed by atoms with E-state index in [1.165, 1.54) is 6.07 Å². The molecule has 1 aromatic carbocycles. The molecule has 0 radical (unpaired) electrons. The van der Waals surface area contributed by atoms with E-state index in [2.05, 4.69) is 16.0 Å². The number of aromatic nitrogens is 1. The molecule has 4 rings (SSSR count). The number of nitrogens with zero attached hydrogens (tertiary/aromatic N) is 3. The number of hydrogen-bond acceptors (Lipinski definition) is 3. The highest BCUT2D eigenvalue weighted by Crippen LogP contribution is 2.45.